The van der Waals surface area contributed by atoms with Crippen LogP contribution in [-0.4, -0.2) is 13.0 Å². The SMILES string of the molecule is Cc1cccc(N)c1C(=O)N(C)c1ccccc1C#N. The molecule has 20 heavy (non-hydrogen) atoms. The second kappa shape index (κ2) is 5.45. The molecule has 0 saturated carbocycles. The maximum atomic E-state index is 12.6. The molecule has 0 unspecified atom stereocenters. The van der Waals surface area contributed by atoms with Gasteiger partial charge < -0.3 is 10.6 Å². The summed E-state index contributed by atoms with van der Waals surface area (Å²) in [6.45, 7) is 1.84. The standard InChI is InChI=1S/C16H15N3O/c1-11-6-5-8-13(18)15(11)16(20)19(2)14-9-4-3-7-12(14)10-17/h3-9H,18H2,1-2H3. The lowest BCUT2D eigenvalue weighted by molar-refractivity contribution is 0.0993. The Hall–Kier alpha value is -2.80. The average molecular weight is 265 g/mol. The number of hydrogen-bond donors (Lipinski definition) is 1. The molecule has 0 saturated heterocycles. The van der Waals surface area contributed by atoms with Gasteiger partial charge in [-0.25, -0.2) is 0 Å². The third kappa shape index (κ3) is 2.34. The summed E-state index contributed by atoms with van der Waals surface area (Å²) in [6.07, 6.45) is 0. The van der Waals surface area contributed by atoms with Crippen LogP contribution in [-0.2, 0) is 0 Å². The Bertz CT molecular complexity index is 681. The van der Waals surface area contributed by atoms with Gasteiger partial charge in [-0.3, -0.25) is 4.79 Å². The molecule has 0 fully saturated rings. The second-order valence-electron chi connectivity index (χ2n) is 4.53. The zero-order chi connectivity index (χ0) is 14.7. The minimum atomic E-state index is -0.219. The fourth-order valence-electron chi connectivity index (χ4n) is 2.12. The number of carbonyl (C=O) groups is 1. The van der Waals surface area contributed by atoms with Gasteiger partial charge in [-0.15, -0.1) is 0 Å². The van der Waals surface area contributed by atoms with E-state index in [9.17, 15) is 4.79 Å². The van der Waals surface area contributed by atoms with Gasteiger partial charge >= 0.3 is 0 Å². The monoisotopic (exact) mass is 265 g/mol. The van der Waals surface area contributed by atoms with Crippen LogP contribution in [0.25, 0.3) is 0 Å². The average Bonchev–Trinajstić information content (AvgIpc) is 2.46. The quantitative estimate of drug-likeness (QED) is 0.849. The van der Waals surface area contributed by atoms with E-state index in [-0.39, 0.29) is 5.91 Å². The molecule has 4 heteroatoms. The molecule has 0 bridgehead atoms. The number of aryl methyl sites for hydroxylation is 1. The number of amides is 1. The topological polar surface area (TPSA) is 70.1 Å². The Balaban J connectivity index is 2.46. The highest BCUT2D eigenvalue weighted by atomic mass is 16.2. The minimum Gasteiger partial charge on any atom is -0.398 e. The van der Waals surface area contributed by atoms with E-state index in [2.05, 4.69) is 6.07 Å². The van der Waals surface area contributed by atoms with E-state index >= 15 is 0 Å². The molecule has 0 spiro atoms. The summed E-state index contributed by atoms with van der Waals surface area (Å²) in [5.41, 5.74) is 8.65. The van der Waals surface area contributed by atoms with E-state index in [0.717, 1.165) is 5.56 Å². The van der Waals surface area contributed by atoms with Gasteiger partial charge in [0.15, 0.2) is 0 Å². The number of benzene rings is 2. The summed E-state index contributed by atoms with van der Waals surface area (Å²) in [7, 11) is 1.64. The first-order chi connectivity index (χ1) is 9.56. The third-order valence-electron chi connectivity index (χ3n) is 3.21. The Morgan fingerprint density at radius 3 is 2.55 bits per heavy atom. The maximum absolute atomic E-state index is 12.6. The van der Waals surface area contributed by atoms with Crippen LogP contribution >= 0.6 is 0 Å². The molecular weight excluding hydrogens is 250 g/mol. The summed E-state index contributed by atoms with van der Waals surface area (Å²) >= 11 is 0. The van der Waals surface area contributed by atoms with Crippen molar-refractivity contribution >= 4 is 17.3 Å². The molecule has 2 rings (SSSR count). The number of rotatable bonds is 2. The number of nitrogen functional groups attached to an aromatic ring is 1. The summed E-state index contributed by atoms with van der Waals surface area (Å²) in [4.78, 5) is 14.0. The number of para-hydroxylation sites is 1. The summed E-state index contributed by atoms with van der Waals surface area (Å²) in [6, 6.07) is 14.4. The molecule has 0 aliphatic heterocycles. The smallest absolute Gasteiger partial charge is 0.260 e. The van der Waals surface area contributed by atoms with Crippen molar-refractivity contribution in [2.24, 2.45) is 0 Å². The van der Waals surface area contributed by atoms with Crippen molar-refractivity contribution in [1.29, 1.82) is 5.26 Å². The number of carbonyl (C=O) groups excluding carboxylic acids is 1. The van der Waals surface area contributed by atoms with Crippen LogP contribution in [0.3, 0.4) is 0 Å². The number of nitrogens with zero attached hydrogens (tertiary/aromatic N) is 2. The van der Waals surface area contributed by atoms with E-state index in [0.29, 0.717) is 22.5 Å². The van der Waals surface area contributed by atoms with Crippen LogP contribution in [0, 0.1) is 18.3 Å². The van der Waals surface area contributed by atoms with Crippen LogP contribution in [0.1, 0.15) is 21.5 Å². The van der Waals surface area contributed by atoms with Gasteiger partial charge in [0.2, 0.25) is 0 Å². The fourth-order valence-corrected chi connectivity index (χ4v) is 2.12. The lowest BCUT2D eigenvalue weighted by atomic mass is 10.0. The molecule has 0 aliphatic carbocycles. The first-order valence-corrected chi connectivity index (χ1v) is 6.18. The zero-order valence-electron chi connectivity index (χ0n) is 11.4. The van der Waals surface area contributed by atoms with E-state index in [1.54, 1.807) is 37.4 Å². The number of anilines is 2. The van der Waals surface area contributed by atoms with Crippen molar-refractivity contribution in [1.82, 2.24) is 0 Å². The predicted molar refractivity (Wildman–Crippen MR) is 79.5 cm³/mol. The predicted octanol–water partition coefficient (Wildman–Crippen LogP) is 2.73. The highest BCUT2D eigenvalue weighted by molar-refractivity contribution is 6.10. The summed E-state index contributed by atoms with van der Waals surface area (Å²) in [5, 5.41) is 9.12. The number of hydrogen-bond acceptors (Lipinski definition) is 3. The van der Waals surface area contributed by atoms with Crippen molar-refractivity contribution in [3.63, 3.8) is 0 Å². The Labute approximate surface area is 118 Å². The van der Waals surface area contributed by atoms with E-state index in [1.807, 2.05) is 19.1 Å². The molecule has 2 aromatic rings. The normalized spacial score (nSPS) is 9.85. The van der Waals surface area contributed by atoms with Crippen LogP contribution in [0.15, 0.2) is 42.5 Å². The molecular formula is C16H15N3O. The molecule has 0 atom stereocenters. The van der Waals surface area contributed by atoms with E-state index in [1.165, 1.54) is 4.90 Å². The highest BCUT2D eigenvalue weighted by Crippen LogP contribution is 2.24. The van der Waals surface area contributed by atoms with Gasteiger partial charge in [0.05, 0.1) is 16.8 Å². The van der Waals surface area contributed by atoms with Crippen molar-refractivity contribution in [3.05, 3.63) is 59.2 Å². The second-order valence-corrected chi connectivity index (χ2v) is 4.53. The molecule has 0 aliphatic rings. The summed E-state index contributed by atoms with van der Waals surface area (Å²) in [5.74, 6) is -0.219. The molecule has 0 radical (unpaired) electrons. The van der Waals surface area contributed by atoms with Gasteiger partial charge in [-0.2, -0.15) is 5.26 Å². The zero-order valence-corrected chi connectivity index (χ0v) is 11.4. The number of nitriles is 1. The largest absolute Gasteiger partial charge is 0.398 e. The Morgan fingerprint density at radius 1 is 1.20 bits per heavy atom. The van der Waals surface area contributed by atoms with Crippen LogP contribution in [0.4, 0.5) is 11.4 Å². The fraction of sp³-hybridized carbons (Fsp3) is 0.125. The van der Waals surface area contributed by atoms with Gasteiger partial charge in [0.25, 0.3) is 5.91 Å². The van der Waals surface area contributed by atoms with Crippen molar-refractivity contribution in [3.8, 4) is 6.07 Å². The van der Waals surface area contributed by atoms with Crippen molar-refractivity contribution in [2.75, 3.05) is 17.7 Å². The van der Waals surface area contributed by atoms with Gasteiger partial charge in [-0.1, -0.05) is 24.3 Å². The molecule has 4 nitrogen and oxygen atoms in total. The van der Waals surface area contributed by atoms with Crippen LogP contribution < -0.4 is 10.6 Å². The molecule has 0 heterocycles. The Morgan fingerprint density at radius 2 is 1.90 bits per heavy atom. The minimum absolute atomic E-state index is 0.219. The van der Waals surface area contributed by atoms with Gasteiger partial charge in [-0.05, 0) is 30.7 Å². The Kier molecular flexibility index (Phi) is 3.72. The van der Waals surface area contributed by atoms with Crippen LogP contribution in [0.5, 0.6) is 0 Å². The van der Waals surface area contributed by atoms with Crippen molar-refractivity contribution in [2.45, 2.75) is 6.92 Å². The number of nitrogens with two attached hydrogens (primary N) is 1. The van der Waals surface area contributed by atoms with Gasteiger partial charge in [0, 0.05) is 12.7 Å². The molecule has 100 valence electrons. The maximum Gasteiger partial charge on any atom is 0.260 e. The lowest BCUT2D eigenvalue weighted by Gasteiger charge is -2.20. The lowest BCUT2D eigenvalue weighted by Crippen LogP contribution is -2.28. The molecule has 1 amide bonds. The van der Waals surface area contributed by atoms with Crippen LogP contribution in [0.2, 0.25) is 0 Å². The third-order valence-corrected chi connectivity index (χ3v) is 3.21. The summed E-state index contributed by atoms with van der Waals surface area (Å²) < 4.78 is 0. The molecule has 0 aromatic heterocycles. The first kappa shape index (κ1) is 13.6. The first-order valence-electron chi connectivity index (χ1n) is 6.18. The highest BCUT2D eigenvalue weighted by Gasteiger charge is 2.19. The molecule has 2 N–H and O–H groups in total. The van der Waals surface area contributed by atoms with E-state index < -0.39 is 0 Å². The van der Waals surface area contributed by atoms with Crippen molar-refractivity contribution < 1.29 is 4.79 Å². The van der Waals surface area contributed by atoms with E-state index in [4.69, 9.17) is 11.0 Å². The van der Waals surface area contributed by atoms with Gasteiger partial charge in [0.1, 0.15) is 6.07 Å². The molecule has 2 aromatic carbocycles.